The summed E-state index contributed by atoms with van der Waals surface area (Å²) in [4.78, 5) is 4.72. The summed E-state index contributed by atoms with van der Waals surface area (Å²) >= 11 is 1.83. The summed E-state index contributed by atoms with van der Waals surface area (Å²) in [6.45, 7) is 1.94. The fraction of sp³-hybridized carbons (Fsp3) is 0.450. The number of rotatable bonds is 4. The van der Waals surface area contributed by atoms with Crippen LogP contribution in [0.3, 0.4) is 0 Å². The number of ether oxygens (including phenoxy) is 2. The molecule has 0 saturated carbocycles. The first kappa shape index (κ1) is 17.3. The molecule has 7 heteroatoms. The molecule has 1 saturated heterocycles. The Labute approximate surface area is 161 Å². The Morgan fingerprint density at radius 2 is 2.19 bits per heavy atom. The van der Waals surface area contributed by atoms with Crippen LogP contribution >= 0.6 is 11.8 Å². The zero-order valence-electron chi connectivity index (χ0n) is 15.2. The average molecular weight is 385 g/mol. The SMILES string of the molecule is COCC1Cc2[nH]nc(-c3cc4ccc(C5(O)CCOCC5)cc4[nH]3)c2S1. The van der Waals surface area contributed by atoms with E-state index in [-0.39, 0.29) is 0 Å². The monoisotopic (exact) mass is 385 g/mol. The van der Waals surface area contributed by atoms with E-state index >= 15 is 0 Å². The maximum absolute atomic E-state index is 11.0. The summed E-state index contributed by atoms with van der Waals surface area (Å²) in [5, 5.41) is 20.3. The summed E-state index contributed by atoms with van der Waals surface area (Å²) in [6.07, 6.45) is 2.23. The van der Waals surface area contributed by atoms with Gasteiger partial charge in [0.2, 0.25) is 0 Å². The first-order valence-corrected chi connectivity index (χ1v) is 10.2. The Kier molecular flexibility index (Phi) is 4.27. The Morgan fingerprint density at radius 3 is 3.00 bits per heavy atom. The van der Waals surface area contributed by atoms with Crippen molar-refractivity contribution < 1.29 is 14.6 Å². The molecule has 2 aliphatic rings. The lowest BCUT2D eigenvalue weighted by molar-refractivity contribution is -0.0678. The molecule has 27 heavy (non-hydrogen) atoms. The van der Waals surface area contributed by atoms with E-state index in [0.29, 0.717) is 31.3 Å². The van der Waals surface area contributed by atoms with Crippen LogP contribution in [0.15, 0.2) is 29.2 Å². The lowest BCUT2D eigenvalue weighted by atomic mass is 9.86. The molecule has 2 aliphatic heterocycles. The third-order valence-corrected chi connectivity index (χ3v) is 6.91. The molecule has 1 fully saturated rings. The Morgan fingerprint density at radius 1 is 1.33 bits per heavy atom. The van der Waals surface area contributed by atoms with Crippen LogP contribution in [0.2, 0.25) is 0 Å². The van der Waals surface area contributed by atoms with Gasteiger partial charge in [0.05, 0.1) is 28.5 Å². The third-order valence-electron chi connectivity index (χ3n) is 5.60. The molecule has 6 nitrogen and oxygen atoms in total. The Balaban J connectivity index is 1.48. The molecule has 0 spiro atoms. The van der Waals surface area contributed by atoms with E-state index < -0.39 is 5.60 Å². The first-order valence-electron chi connectivity index (χ1n) is 9.33. The number of benzene rings is 1. The number of fused-ring (bicyclic) bond motifs is 2. The standard InChI is InChI=1S/C20H23N3O3S/c1-25-11-14-10-17-19(27-14)18(23-22-17)16-8-12-2-3-13(9-15(12)21-16)20(24)4-6-26-7-5-20/h2-3,8-9,14,21,24H,4-7,10-11H2,1H3,(H,22,23). The van der Waals surface area contributed by atoms with Crippen molar-refractivity contribution in [1.82, 2.24) is 15.2 Å². The van der Waals surface area contributed by atoms with Gasteiger partial charge in [0.1, 0.15) is 5.69 Å². The highest BCUT2D eigenvalue weighted by Gasteiger charge is 2.32. The summed E-state index contributed by atoms with van der Waals surface area (Å²) in [5.41, 5.74) is 4.34. The number of methoxy groups -OCH3 is 1. The second-order valence-electron chi connectivity index (χ2n) is 7.41. The molecule has 4 heterocycles. The molecule has 0 aliphatic carbocycles. The van der Waals surface area contributed by atoms with Gasteiger partial charge in [-0.3, -0.25) is 5.10 Å². The number of aromatic amines is 2. The van der Waals surface area contributed by atoms with Crippen LogP contribution < -0.4 is 0 Å². The minimum Gasteiger partial charge on any atom is -0.385 e. The van der Waals surface area contributed by atoms with E-state index in [2.05, 4.69) is 33.4 Å². The van der Waals surface area contributed by atoms with Gasteiger partial charge in [0.25, 0.3) is 0 Å². The van der Waals surface area contributed by atoms with E-state index in [9.17, 15) is 5.11 Å². The number of H-pyrrole nitrogens is 2. The number of nitrogens with zero attached hydrogens (tertiary/aromatic N) is 1. The van der Waals surface area contributed by atoms with E-state index in [4.69, 9.17) is 9.47 Å². The summed E-state index contributed by atoms with van der Waals surface area (Å²) in [5.74, 6) is 0. The molecule has 3 aromatic rings. The summed E-state index contributed by atoms with van der Waals surface area (Å²) < 4.78 is 10.7. The fourth-order valence-corrected chi connectivity index (χ4v) is 5.40. The van der Waals surface area contributed by atoms with Crippen LogP contribution in [-0.4, -0.2) is 52.5 Å². The van der Waals surface area contributed by atoms with Gasteiger partial charge >= 0.3 is 0 Å². The van der Waals surface area contributed by atoms with E-state index in [1.807, 2.05) is 17.8 Å². The normalized spacial score (nSPS) is 21.6. The molecule has 2 aromatic heterocycles. The van der Waals surface area contributed by atoms with E-state index in [1.165, 1.54) is 10.6 Å². The van der Waals surface area contributed by atoms with Gasteiger partial charge in [0, 0.05) is 55.7 Å². The lowest BCUT2D eigenvalue weighted by Gasteiger charge is -2.32. The predicted molar refractivity (Wildman–Crippen MR) is 105 cm³/mol. The van der Waals surface area contributed by atoms with Crippen molar-refractivity contribution in [2.75, 3.05) is 26.9 Å². The number of aliphatic hydroxyl groups is 1. The van der Waals surface area contributed by atoms with Crippen molar-refractivity contribution in [2.45, 2.75) is 35.0 Å². The van der Waals surface area contributed by atoms with Gasteiger partial charge in [-0.2, -0.15) is 5.10 Å². The molecule has 5 rings (SSSR count). The van der Waals surface area contributed by atoms with Crippen LogP contribution in [0, 0.1) is 0 Å². The highest BCUT2D eigenvalue weighted by atomic mass is 32.2. The van der Waals surface area contributed by atoms with Crippen LogP contribution in [0.1, 0.15) is 24.1 Å². The molecular weight excluding hydrogens is 362 g/mol. The Bertz CT molecular complexity index is 974. The lowest BCUT2D eigenvalue weighted by Crippen LogP contribution is -2.33. The molecular formula is C20H23N3O3S. The van der Waals surface area contributed by atoms with Crippen LogP contribution in [0.5, 0.6) is 0 Å². The van der Waals surface area contributed by atoms with Crippen LogP contribution in [0.4, 0.5) is 0 Å². The highest BCUT2D eigenvalue weighted by molar-refractivity contribution is 8.00. The number of hydrogen-bond acceptors (Lipinski definition) is 5. The van der Waals surface area contributed by atoms with Crippen molar-refractivity contribution in [1.29, 1.82) is 0 Å². The summed E-state index contributed by atoms with van der Waals surface area (Å²) in [6, 6.07) is 8.31. The predicted octanol–water partition coefficient (Wildman–Crippen LogP) is 3.22. The van der Waals surface area contributed by atoms with Crippen molar-refractivity contribution in [3.05, 3.63) is 35.5 Å². The minimum absolute atomic E-state index is 0.441. The van der Waals surface area contributed by atoms with E-state index in [0.717, 1.165) is 40.9 Å². The second kappa shape index (κ2) is 6.67. The fourth-order valence-electron chi connectivity index (χ4n) is 4.07. The molecule has 3 N–H and O–H groups in total. The van der Waals surface area contributed by atoms with Crippen LogP contribution in [0.25, 0.3) is 22.3 Å². The molecule has 1 aromatic carbocycles. The maximum atomic E-state index is 11.0. The second-order valence-corrected chi connectivity index (χ2v) is 8.72. The largest absolute Gasteiger partial charge is 0.385 e. The molecule has 1 atom stereocenters. The zero-order chi connectivity index (χ0) is 18.4. The van der Waals surface area contributed by atoms with Gasteiger partial charge in [-0.05, 0) is 17.7 Å². The minimum atomic E-state index is -0.797. The number of hydrogen-bond donors (Lipinski definition) is 3. The molecule has 0 bridgehead atoms. The highest BCUT2D eigenvalue weighted by Crippen LogP contribution is 2.42. The quantitative estimate of drug-likeness (QED) is 0.642. The zero-order valence-corrected chi connectivity index (χ0v) is 16.1. The molecule has 142 valence electrons. The van der Waals surface area contributed by atoms with Crippen molar-refractivity contribution in [3.8, 4) is 11.4 Å². The van der Waals surface area contributed by atoms with E-state index in [1.54, 1.807) is 7.11 Å². The summed E-state index contributed by atoms with van der Waals surface area (Å²) in [7, 11) is 1.74. The third kappa shape index (κ3) is 2.99. The van der Waals surface area contributed by atoms with Gasteiger partial charge in [-0.15, -0.1) is 11.8 Å². The first-order chi connectivity index (χ1) is 13.2. The number of nitrogens with one attached hydrogen (secondary N) is 2. The maximum Gasteiger partial charge on any atom is 0.122 e. The van der Waals surface area contributed by atoms with Crippen molar-refractivity contribution in [3.63, 3.8) is 0 Å². The van der Waals surface area contributed by atoms with Gasteiger partial charge in [0.15, 0.2) is 0 Å². The van der Waals surface area contributed by atoms with Gasteiger partial charge < -0.3 is 19.6 Å². The molecule has 0 radical (unpaired) electrons. The number of thioether (sulfide) groups is 1. The van der Waals surface area contributed by atoms with Crippen molar-refractivity contribution in [2.24, 2.45) is 0 Å². The smallest absolute Gasteiger partial charge is 0.122 e. The number of aromatic nitrogens is 3. The van der Waals surface area contributed by atoms with Crippen molar-refractivity contribution >= 4 is 22.7 Å². The van der Waals surface area contributed by atoms with Gasteiger partial charge in [-0.1, -0.05) is 12.1 Å². The average Bonchev–Trinajstić information content (AvgIpc) is 3.35. The molecule has 0 amide bonds. The topological polar surface area (TPSA) is 83.2 Å². The Hall–Kier alpha value is -1.80. The van der Waals surface area contributed by atoms with Gasteiger partial charge in [-0.25, -0.2) is 0 Å². The van der Waals surface area contributed by atoms with Crippen LogP contribution in [-0.2, 0) is 21.5 Å². The molecule has 1 unspecified atom stereocenters.